The van der Waals surface area contributed by atoms with E-state index in [-0.39, 0.29) is 24.0 Å². The van der Waals surface area contributed by atoms with Crippen LogP contribution in [0.4, 0.5) is 4.39 Å². The lowest BCUT2D eigenvalue weighted by Crippen LogP contribution is -2.37. The Morgan fingerprint density at radius 1 is 1.12 bits per heavy atom. The first-order chi connectivity index (χ1) is 12.5. The van der Waals surface area contributed by atoms with Gasteiger partial charge in [0.1, 0.15) is 5.82 Å². The number of hydrogen-bond donors (Lipinski definition) is 1. The van der Waals surface area contributed by atoms with Gasteiger partial charge in [-0.15, -0.1) is 0 Å². The molecule has 140 valence electrons. The Morgan fingerprint density at radius 3 is 2.50 bits per heavy atom. The summed E-state index contributed by atoms with van der Waals surface area (Å²) in [6.45, 7) is 2.72. The summed E-state index contributed by atoms with van der Waals surface area (Å²) in [5.41, 5.74) is 1.79. The molecule has 26 heavy (non-hydrogen) atoms. The third-order valence-corrected chi connectivity index (χ3v) is 6.18. The summed E-state index contributed by atoms with van der Waals surface area (Å²) in [4.78, 5) is 6.42. The summed E-state index contributed by atoms with van der Waals surface area (Å²) in [6, 6.07) is 12.0. The van der Waals surface area contributed by atoms with Crippen LogP contribution in [0.15, 0.2) is 48.7 Å². The predicted octanol–water partition coefficient (Wildman–Crippen LogP) is 2.55. The molecular formula is C19H24FN3O2S. The molecule has 0 unspecified atom stereocenters. The molecule has 1 saturated heterocycles. The zero-order valence-electron chi connectivity index (χ0n) is 14.6. The lowest BCUT2D eigenvalue weighted by molar-refractivity contribution is 0.186. The van der Waals surface area contributed by atoms with Crippen LogP contribution >= 0.6 is 0 Å². The molecular weight excluding hydrogens is 353 g/mol. The lowest BCUT2D eigenvalue weighted by Gasteiger charge is -2.31. The zero-order valence-corrected chi connectivity index (χ0v) is 15.5. The maximum atomic E-state index is 13.0. The van der Waals surface area contributed by atoms with Crippen LogP contribution in [0.25, 0.3) is 0 Å². The summed E-state index contributed by atoms with van der Waals surface area (Å²) in [5.74, 6) is 0.0982. The van der Waals surface area contributed by atoms with Crippen LogP contribution in [0.5, 0.6) is 0 Å². The topological polar surface area (TPSA) is 62.3 Å². The summed E-state index contributed by atoms with van der Waals surface area (Å²) in [7, 11) is -3.31. The molecule has 3 rings (SSSR count). The van der Waals surface area contributed by atoms with Crippen LogP contribution in [0.1, 0.15) is 24.1 Å². The molecule has 1 N–H and O–H groups in total. The van der Waals surface area contributed by atoms with Crippen molar-refractivity contribution in [2.45, 2.75) is 25.9 Å². The number of halogens is 1. The third kappa shape index (κ3) is 5.86. The van der Waals surface area contributed by atoms with Crippen molar-refractivity contribution in [1.29, 1.82) is 0 Å². The van der Waals surface area contributed by atoms with Crippen molar-refractivity contribution in [3.63, 3.8) is 0 Å². The molecule has 0 atom stereocenters. The van der Waals surface area contributed by atoms with Crippen molar-refractivity contribution in [1.82, 2.24) is 14.6 Å². The molecule has 0 saturated carbocycles. The number of hydrogen-bond acceptors (Lipinski definition) is 4. The van der Waals surface area contributed by atoms with Crippen LogP contribution in [0, 0.1) is 11.7 Å². The molecule has 1 aliphatic rings. The molecule has 1 aromatic carbocycles. The van der Waals surface area contributed by atoms with E-state index in [9.17, 15) is 12.8 Å². The van der Waals surface area contributed by atoms with E-state index in [0.717, 1.165) is 38.0 Å². The molecule has 0 bridgehead atoms. The van der Waals surface area contributed by atoms with Crippen molar-refractivity contribution in [2.75, 3.05) is 18.8 Å². The maximum Gasteiger partial charge on any atom is 0.212 e. The lowest BCUT2D eigenvalue weighted by atomic mass is 9.98. The highest BCUT2D eigenvalue weighted by Gasteiger charge is 2.24. The average Bonchev–Trinajstić information content (AvgIpc) is 2.64. The largest absolute Gasteiger partial charge is 0.299 e. The Labute approximate surface area is 154 Å². The molecule has 0 aliphatic carbocycles. The fourth-order valence-corrected chi connectivity index (χ4v) is 4.65. The molecule has 2 heterocycles. The van der Waals surface area contributed by atoms with Gasteiger partial charge in [-0.1, -0.05) is 18.2 Å². The highest BCUT2D eigenvalue weighted by molar-refractivity contribution is 7.89. The minimum atomic E-state index is -3.31. The number of likely N-dealkylation sites (tertiary alicyclic amines) is 1. The summed E-state index contributed by atoms with van der Waals surface area (Å²) in [5, 5.41) is 0. The first-order valence-corrected chi connectivity index (χ1v) is 10.5. The van der Waals surface area contributed by atoms with Gasteiger partial charge in [-0.2, -0.15) is 0 Å². The van der Waals surface area contributed by atoms with Crippen molar-refractivity contribution < 1.29 is 12.8 Å². The Bertz CT molecular complexity index is 789. The molecule has 2 aromatic rings. The maximum absolute atomic E-state index is 13.0. The number of rotatable bonds is 7. The first-order valence-electron chi connectivity index (χ1n) is 8.84. The van der Waals surface area contributed by atoms with E-state index in [2.05, 4.69) is 14.6 Å². The summed E-state index contributed by atoms with van der Waals surface area (Å²) < 4.78 is 40.2. The summed E-state index contributed by atoms with van der Waals surface area (Å²) in [6.07, 6.45) is 3.36. The highest BCUT2D eigenvalue weighted by Crippen LogP contribution is 2.20. The fraction of sp³-hybridized carbons (Fsp3) is 0.421. The van der Waals surface area contributed by atoms with E-state index in [4.69, 9.17) is 0 Å². The van der Waals surface area contributed by atoms with E-state index in [1.165, 1.54) is 12.1 Å². The van der Waals surface area contributed by atoms with Gasteiger partial charge in [-0.05, 0) is 61.7 Å². The summed E-state index contributed by atoms with van der Waals surface area (Å²) >= 11 is 0. The predicted molar refractivity (Wildman–Crippen MR) is 99.3 cm³/mol. The van der Waals surface area contributed by atoms with Crippen LogP contribution in [0.3, 0.4) is 0 Å². The van der Waals surface area contributed by atoms with E-state index in [1.54, 1.807) is 30.5 Å². The van der Waals surface area contributed by atoms with Gasteiger partial charge >= 0.3 is 0 Å². The third-order valence-electron chi connectivity index (χ3n) is 4.68. The quantitative estimate of drug-likeness (QED) is 0.806. The number of benzene rings is 1. The Hall–Kier alpha value is -1.83. The van der Waals surface area contributed by atoms with Crippen LogP contribution in [-0.4, -0.2) is 37.1 Å². The van der Waals surface area contributed by atoms with Gasteiger partial charge in [-0.3, -0.25) is 9.88 Å². The normalized spacial score (nSPS) is 16.7. The Morgan fingerprint density at radius 2 is 1.85 bits per heavy atom. The van der Waals surface area contributed by atoms with E-state index >= 15 is 0 Å². The first kappa shape index (κ1) is 18.9. The highest BCUT2D eigenvalue weighted by atomic mass is 32.2. The number of aromatic nitrogens is 1. The van der Waals surface area contributed by atoms with Gasteiger partial charge in [0.2, 0.25) is 10.0 Å². The SMILES string of the molecule is O=S(=O)(CC1CCN(Cc2ccc(F)cc2)CC1)NCc1ccccn1. The fourth-order valence-electron chi connectivity index (χ4n) is 3.22. The second-order valence-electron chi connectivity index (χ2n) is 6.77. The van der Waals surface area contributed by atoms with E-state index in [0.29, 0.717) is 5.69 Å². The van der Waals surface area contributed by atoms with Crippen LogP contribution < -0.4 is 4.72 Å². The minimum Gasteiger partial charge on any atom is -0.299 e. The monoisotopic (exact) mass is 377 g/mol. The van der Waals surface area contributed by atoms with Gasteiger partial charge in [-0.25, -0.2) is 17.5 Å². The number of piperidine rings is 1. The van der Waals surface area contributed by atoms with Gasteiger partial charge in [0.05, 0.1) is 18.0 Å². The molecule has 1 fully saturated rings. The molecule has 0 amide bonds. The van der Waals surface area contributed by atoms with E-state index < -0.39 is 10.0 Å². The van der Waals surface area contributed by atoms with Gasteiger partial charge in [0.15, 0.2) is 0 Å². The zero-order chi connectivity index (χ0) is 18.4. The number of sulfonamides is 1. The number of nitrogens with zero attached hydrogens (tertiary/aromatic N) is 2. The second kappa shape index (κ2) is 8.70. The molecule has 0 radical (unpaired) electrons. The molecule has 1 aliphatic heterocycles. The Balaban J connectivity index is 1.43. The number of nitrogens with one attached hydrogen (secondary N) is 1. The van der Waals surface area contributed by atoms with Crippen molar-refractivity contribution >= 4 is 10.0 Å². The standard InChI is InChI=1S/C19H24FN3O2S/c20-18-6-4-16(5-7-18)14-23-11-8-17(9-12-23)15-26(24,25)22-13-19-3-1-2-10-21-19/h1-7,10,17,22H,8-9,11-15H2. The van der Waals surface area contributed by atoms with E-state index in [1.807, 2.05) is 6.07 Å². The second-order valence-corrected chi connectivity index (χ2v) is 8.62. The molecule has 7 heteroatoms. The van der Waals surface area contributed by atoms with Crippen LogP contribution in [-0.2, 0) is 23.1 Å². The van der Waals surface area contributed by atoms with Gasteiger partial charge in [0.25, 0.3) is 0 Å². The van der Waals surface area contributed by atoms with Gasteiger partial charge < -0.3 is 0 Å². The van der Waals surface area contributed by atoms with Crippen molar-refractivity contribution in [3.8, 4) is 0 Å². The Kier molecular flexibility index (Phi) is 6.34. The number of pyridine rings is 1. The minimum absolute atomic E-state index is 0.157. The molecule has 0 spiro atoms. The smallest absolute Gasteiger partial charge is 0.212 e. The molecule has 1 aromatic heterocycles. The molecule has 5 nitrogen and oxygen atoms in total. The average molecular weight is 377 g/mol. The van der Waals surface area contributed by atoms with Crippen molar-refractivity contribution in [2.24, 2.45) is 5.92 Å². The van der Waals surface area contributed by atoms with Crippen LogP contribution in [0.2, 0.25) is 0 Å². The van der Waals surface area contributed by atoms with Crippen molar-refractivity contribution in [3.05, 3.63) is 65.7 Å². The van der Waals surface area contributed by atoms with Gasteiger partial charge in [0, 0.05) is 12.7 Å².